The van der Waals surface area contributed by atoms with Gasteiger partial charge in [0.05, 0.1) is 7.11 Å². The first-order chi connectivity index (χ1) is 11.1. The number of allylic oxidation sites excluding steroid dienone is 4. The van der Waals surface area contributed by atoms with E-state index < -0.39 is 0 Å². The maximum absolute atomic E-state index is 11.3. The van der Waals surface area contributed by atoms with Gasteiger partial charge in [-0.15, -0.1) is 0 Å². The van der Waals surface area contributed by atoms with E-state index in [9.17, 15) is 5.11 Å². The zero-order valence-corrected chi connectivity index (χ0v) is 16.5. The largest absolute Gasteiger partial charge is 0.497 e. The third kappa shape index (κ3) is 3.50. The highest BCUT2D eigenvalue weighted by Crippen LogP contribution is 2.43. The minimum Gasteiger partial charge on any atom is -0.497 e. The molecule has 136 valence electrons. The van der Waals surface area contributed by atoms with E-state index in [4.69, 9.17) is 4.74 Å². The van der Waals surface area contributed by atoms with Crippen molar-refractivity contribution in [3.05, 3.63) is 35.4 Å². The molecule has 0 radical (unpaired) electrons. The van der Waals surface area contributed by atoms with Crippen LogP contribution in [0.25, 0.3) is 0 Å². The first-order valence-electron chi connectivity index (χ1n) is 9.31. The summed E-state index contributed by atoms with van der Waals surface area (Å²) >= 11 is 0. The van der Waals surface area contributed by atoms with Gasteiger partial charge in [-0.25, -0.2) is 0 Å². The maximum atomic E-state index is 11.3. The molecule has 2 aliphatic rings. The average molecular weight is 334 g/mol. The van der Waals surface area contributed by atoms with Crippen molar-refractivity contribution in [2.24, 2.45) is 11.8 Å². The van der Waals surface area contributed by atoms with Gasteiger partial charge in [0.15, 0.2) is 5.88 Å². The molecule has 1 aliphatic carbocycles. The second-order valence-electron chi connectivity index (χ2n) is 8.61. The molecule has 0 aromatic heterocycles. The van der Waals surface area contributed by atoms with Gasteiger partial charge in [-0.1, -0.05) is 20.3 Å². The molecule has 1 saturated heterocycles. The Morgan fingerprint density at radius 1 is 1.25 bits per heavy atom. The van der Waals surface area contributed by atoms with Gasteiger partial charge < -0.3 is 14.7 Å². The maximum Gasteiger partial charge on any atom is 0.191 e. The highest BCUT2D eigenvalue weighted by molar-refractivity contribution is 5.38. The van der Waals surface area contributed by atoms with E-state index in [1.807, 2.05) is 12.2 Å². The van der Waals surface area contributed by atoms with Crippen LogP contribution in [-0.2, 0) is 4.74 Å². The van der Waals surface area contributed by atoms with Crippen molar-refractivity contribution in [3.8, 4) is 0 Å². The van der Waals surface area contributed by atoms with Crippen LogP contribution in [0, 0.1) is 11.8 Å². The fourth-order valence-corrected chi connectivity index (χ4v) is 4.39. The predicted octanol–water partition coefficient (Wildman–Crippen LogP) is 5.56. The van der Waals surface area contributed by atoms with Crippen LogP contribution >= 0.6 is 0 Å². The van der Waals surface area contributed by atoms with Gasteiger partial charge in [0.25, 0.3) is 0 Å². The SMILES string of the molecule is CCC(C)C1C=C(OC)C=C/C1=C(/O)N1C(C)(C)CCCC1(C)C. The lowest BCUT2D eigenvalue weighted by Crippen LogP contribution is -2.58. The number of rotatable bonds is 4. The van der Waals surface area contributed by atoms with Crippen LogP contribution in [0.2, 0.25) is 0 Å². The van der Waals surface area contributed by atoms with Gasteiger partial charge in [0.1, 0.15) is 5.76 Å². The Balaban J connectivity index is 2.51. The lowest BCUT2D eigenvalue weighted by atomic mass is 9.78. The second-order valence-corrected chi connectivity index (χ2v) is 8.61. The highest BCUT2D eigenvalue weighted by Gasteiger charge is 2.44. The number of hydrogen-bond donors (Lipinski definition) is 1. The van der Waals surface area contributed by atoms with Crippen LogP contribution in [0.5, 0.6) is 0 Å². The molecule has 0 aromatic carbocycles. The quantitative estimate of drug-likeness (QED) is 0.683. The van der Waals surface area contributed by atoms with Crippen molar-refractivity contribution in [1.29, 1.82) is 0 Å². The molecule has 1 N–H and O–H groups in total. The van der Waals surface area contributed by atoms with E-state index >= 15 is 0 Å². The molecular weight excluding hydrogens is 298 g/mol. The second kappa shape index (κ2) is 6.85. The van der Waals surface area contributed by atoms with Gasteiger partial charge in [0.2, 0.25) is 0 Å². The third-order valence-electron chi connectivity index (χ3n) is 5.88. The van der Waals surface area contributed by atoms with E-state index in [1.165, 1.54) is 6.42 Å². The molecule has 1 aliphatic heterocycles. The summed E-state index contributed by atoms with van der Waals surface area (Å²) in [5, 5.41) is 11.3. The molecule has 3 heteroatoms. The Bertz CT molecular complexity index is 538. The monoisotopic (exact) mass is 333 g/mol. The number of piperidine rings is 1. The minimum atomic E-state index is -0.0437. The Kier molecular flexibility index (Phi) is 5.41. The lowest BCUT2D eigenvalue weighted by molar-refractivity contribution is -0.0345. The van der Waals surface area contributed by atoms with Gasteiger partial charge >= 0.3 is 0 Å². The number of methoxy groups -OCH3 is 1. The molecule has 2 atom stereocenters. The van der Waals surface area contributed by atoms with E-state index in [0.717, 1.165) is 30.6 Å². The molecule has 0 spiro atoms. The van der Waals surface area contributed by atoms with Crippen LogP contribution in [0.1, 0.15) is 67.2 Å². The standard InChI is InChI=1S/C21H35NO2/c1-8-15(2)18-14-16(24-7)10-11-17(18)19(23)22-20(3,4)12-9-13-21(22,5)6/h10-11,14-15,18,23H,8-9,12-13H2,1-7H3/b19-17-. The molecule has 3 nitrogen and oxygen atoms in total. The van der Waals surface area contributed by atoms with Crippen molar-refractivity contribution in [2.75, 3.05) is 7.11 Å². The van der Waals surface area contributed by atoms with Crippen LogP contribution in [-0.4, -0.2) is 28.2 Å². The summed E-state index contributed by atoms with van der Waals surface area (Å²) in [5.74, 6) is 1.96. The molecule has 0 bridgehead atoms. The van der Waals surface area contributed by atoms with Crippen molar-refractivity contribution in [1.82, 2.24) is 4.90 Å². The van der Waals surface area contributed by atoms with Crippen molar-refractivity contribution < 1.29 is 9.84 Å². The smallest absolute Gasteiger partial charge is 0.191 e. The summed E-state index contributed by atoms with van der Waals surface area (Å²) < 4.78 is 5.43. The van der Waals surface area contributed by atoms with Gasteiger partial charge in [-0.2, -0.15) is 0 Å². The number of hydrogen-bond acceptors (Lipinski definition) is 3. The predicted molar refractivity (Wildman–Crippen MR) is 101 cm³/mol. The molecule has 0 aromatic rings. The van der Waals surface area contributed by atoms with Gasteiger partial charge in [-0.3, -0.25) is 0 Å². The fraction of sp³-hybridized carbons (Fsp3) is 0.714. The van der Waals surface area contributed by atoms with Crippen molar-refractivity contribution in [3.63, 3.8) is 0 Å². The van der Waals surface area contributed by atoms with Crippen LogP contribution in [0.15, 0.2) is 35.4 Å². The zero-order chi connectivity index (χ0) is 18.1. The molecule has 0 amide bonds. The van der Waals surface area contributed by atoms with Crippen molar-refractivity contribution >= 4 is 0 Å². The first kappa shape index (κ1) is 19.0. The Morgan fingerprint density at radius 3 is 2.33 bits per heavy atom. The average Bonchev–Trinajstić information content (AvgIpc) is 2.51. The number of ether oxygens (including phenoxy) is 1. The summed E-state index contributed by atoms with van der Waals surface area (Å²) in [6.45, 7) is 13.4. The number of likely N-dealkylation sites (tertiary alicyclic amines) is 1. The van der Waals surface area contributed by atoms with E-state index in [0.29, 0.717) is 11.8 Å². The summed E-state index contributed by atoms with van der Waals surface area (Å²) in [4.78, 5) is 2.25. The number of aliphatic hydroxyl groups is 1. The zero-order valence-electron chi connectivity index (χ0n) is 16.5. The first-order valence-corrected chi connectivity index (χ1v) is 9.31. The van der Waals surface area contributed by atoms with Gasteiger partial charge in [-0.05, 0) is 71.1 Å². The molecule has 2 rings (SSSR count). The summed E-state index contributed by atoms with van der Waals surface area (Å²) in [6.07, 6.45) is 10.6. The minimum absolute atomic E-state index is 0.0437. The van der Waals surface area contributed by atoms with E-state index in [2.05, 4.69) is 52.5 Å². The van der Waals surface area contributed by atoms with Crippen LogP contribution in [0.3, 0.4) is 0 Å². The fourth-order valence-electron chi connectivity index (χ4n) is 4.39. The Hall–Kier alpha value is -1.38. The Morgan fingerprint density at radius 2 is 1.83 bits per heavy atom. The molecule has 1 fully saturated rings. The van der Waals surface area contributed by atoms with Gasteiger partial charge in [0, 0.05) is 22.6 Å². The molecule has 0 saturated carbocycles. The Labute approximate surface area is 148 Å². The molecular formula is C21H35NO2. The summed E-state index contributed by atoms with van der Waals surface area (Å²) in [6, 6.07) is 0. The summed E-state index contributed by atoms with van der Waals surface area (Å²) in [5.41, 5.74) is 0.934. The normalized spacial score (nSPS) is 29.0. The van der Waals surface area contributed by atoms with Crippen LogP contribution in [0.4, 0.5) is 0 Å². The highest BCUT2D eigenvalue weighted by atomic mass is 16.5. The van der Waals surface area contributed by atoms with Crippen LogP contribution < -0.4 is 0 Å². The molecule has 24 heavy (non-hydrogen) atoms. The third-order valence-corrected chi connectivity index (χ3v) is 5.88. The van der Waals surface area contributed by atoms with E-state index in [1.54, 1.807) is 7.11 Å². The number of aliphatic hydroxyl groups excluding tert-OH is 1. The lowest BCUT2D eigenvalue weighted by Gasteiger charge is -2.54. The number of nitrogens with zero attached hydrogens (tertiary/aromatic N) is 1. The summed E-state index contributed by atoms with van der Waals surface area (Å²) in [7, 11) is 1.70. The van der Waals surface area contributed by atoms with Crippen molar-refractivity contribution in [2.45, 2.75) is 78.3 Å². The molecule has 1 heterocycles. The van der Waals surface area contributed by atoms with E-state index in [-0.39, 0.29) is 17.0 Å². The topological polar surface area (TPSA) is 32.7 Å². The molecule has 2 unspecified atom stereocenters.